The van der Waals surface area contributed by atoms with Crippen LogP contribution in [0.4, 0.5) is 5.69 Å². The van der Waals surface area contributed by atoms with Crippen molar-refractivity contribution < 1.29 is 4.79 Å². The first-order valence-electron chi connectivity index (χ1n) is 6.72. The number of anilines is 1. The van der Waals surface area contributed by atoms with Crippen LogP contribution >= 0.6 is 0 Å². The first-order valence-corrected chi connectivity index (χ1v) is 6.72. The molecule has 0 radical (unpaired) electrons. The number of imidazole rings is 1. The van der Waals surface area contributed by atoms with Gasteiger partial charge < -0.3 is 15.6 Å². The monoisotopic (exact) mass is 272 g/mol. The number of carbonyl (C=O) groups excluding carboxylic acids is 1. The lowest BCUT2D eigenvalue weighted by Gasteiger charge is -2.06. The van der Waals surface area contributed by atoms with Crippen molar-refractivity contribution in [2.24, 2.45) is 7.05 Å². The summed E-state index contributed by atoms with van der Waals surface area (Å²) in [4.78, 5) is 16.0. The Labute approximate surface area is 118 Å². The number of hydrogen-bond donors (Lipinski definition) is 2. The fraction of sp³-hybridized carbons (Fsp3) is 0.333. The van der Waals surface area contributed by atoms with Gasteiger partial charge in [-0.15, -0.1) is 0 Å². The Balaban J connectivity index is 1.69. The van der Waals surface area contributed by atoms with E-state index in [-0.39, 0.29) is 5.91 Å². The highest BCUT2D eigenvalue weighted by molar-refractivity contribution is 5.76. The van der Waals surface area contributed by atoms with Crippen LogP contribution in [0.1, 0.15) is 17.8 Å². The number of aryl methyl sites for hydroxylation is 2. The number of nitrogens with zero attached hydrogens (tertiary/aromatic N) is 2. The molecule has 5 nitrogen and oxygen atoms in total. The third-order valence-electron chi connectivity index (χ3n) is 3.18. The van der Waals surface area contributed by atoms with Crippen LogP contribution in [0.25, 0.3) is 0 Å². The number of benzene rings is 1. The van der Waals surface area contributed by atoms with Crippen LogP contribution in [0, 0.1) is 0 Å². The van der Waals surface area contributed by atoms with Crippen molar-refractivity contribution in [3.05, 3.63) is 48.0 Å². The molecular weight excluding hydrogens is 252 g/mol. The van der Waals surface area contributed by atoms with Crippen molar-refractivity contribution in [2.45, 2.75) is 19.3 Å². The minimum Gasteiger partial charge on any atom is -0.399 e. The van der Waals surface area contributed by atoms with Gasteiger partial charge in [0, 0.05) is 44.5 Å². The van der Waals surface area contributed by atoms with Gasteiger partial charge in [-0.25, -0.2) is 4.98 Å². The third-order valence-corrected chi connectivity index (χ3v) is 3.18. The quantitative estimate of drug-likeness (QED) is 0.778. The van der Waals surface area contributed by atoms with E-state index in [1.807, 2.05) is 42.1 Å². The normalized spacial score (nSPS) is 10.4. The predicted molar refractivity (Wildman–Crippen MR) is 79.1 cm³/mol. The molecule has 106 valence electrons. The van der Waals surface area contributed by atoms with Gasteiger partial charge in [-0.2, -0.15) is 0 Å². The minimum absolute atomic E-state index is 0.0571. The third kappa shape index (κ3) is 4.12. The van der Waals surface area contributed by atoms with Gasteiger partial charge in [-0.3, -0.25) is 4.79 Å². The molecule has 2 rings (SSSR count). The Hall–Kier alpha value is -2.30. The number of amides is 1. The molecule has 1 amide bonds. The van der Waals surface area contributed by atoms with Gasteiger partial charge in [-0.1, -0.05) is 12.1 Å². The molecule has 1 aromatic carbocycles. The molecule has 0 atom stereocenters. The zero-order chi connectivity index (χ0) is 14.4. The highest BCUT2D eigenvalue weighted by atomic mass is 16.1. The fourth-order valence-corrected chi connectivity index (χ4v) is 2.05. The smallest absolute Gasteiger partial charge is 0.220 e. The second kappa shape index (κ2) is 6.75. The fourth-order valence-electron chi connectivity index (χ4n) is 2.05. The van der Waals surface area contributed by atoms with Crippen molar-refractivity contribution in [1.82, 2.24) is 14.9 Å². The lowest BCUT2D eigenvalue weighted by atomic mass is 10.1. The van der Waals surface area contributed by atoms with E-state index in [2.05, 4.69) is 10.3 Å². The largest absolute Gasteiger partial charge is 0.399 e. The molecule has 0 aliphatic rings. The van der Waals surface area contributed by atoms with Crippen molar-refractivity contribution in [3.8, 4) is 0 Å². The average Bonchev–Trinajstić information content (AvgIpc) is 2.82. The number of nitrogens with one attached hydrogen (secondary N) is 1. The summed E-state index contributed by atoms with van der Waals surface area (Å²) in [6.45, 7) is 0.612. The van der Waals surface area contributed by atoms with Gasteiger partial charge in [0.1, 0.15) is 5.82 Å². The molecule has 0 saturated heterocycles. The summed E-state index contributed by atoms with van der Waals surface area (Å²) >= 11 is 0. The van der Waals surface area contributed by atoms with Gasteiger partial charge in [0.25, 0.3) is 0 Å². The summed E-state index contributed by atoms with van der Waals surface area (Å²) in [7, 11) is 1.95. The first-order chi connectivity index (χ1) is 9.65. The second-order valence-corrected chi connectivity index (χ2v) is 4.80. The van der Waals surface area contributed by atoms with Crippen molar-refractivity contribution in [2.75, 3.05) is 12.3 Å². The van der Waals surface area contributed by atoms with Gasteiger partial charge in [0.2, 0.25) is 5.91 Å². The molecule has 3 N–H and O–H groups in total. The van der Waals surface area contributed by atoms with Crippen LogP contribution in [0.3, 0.4) is 0 Å². The highest BCUT2D eigenvalue weighted by Gasteiger charge is 2.04. The summed E-state index contributed by atoms with van der Waals surface area (Å²) < 4.78 is 1.96. The summed E-state index contributed by atoms with van der Waals surface area (Å²) in [5.74, 6) is 1.03. The van der Waals surface area contributed by atoms with E-state index in [1.165, 1.54) is 0 Å². The lowest BCUT2D eigenvalue weighted by Crippen LogP contribution is -2.26. The van der Waals surface area contributed by atoms with Crippen LogP contribution in [0.2, 0.25) is 0 Å². The molecule has 0 saturated carbocycles. The van der Waals surface area contributed by atoms with Crippen LogP contribution in [-0.2, 0) is 24.7 Å². The highest BCUT2D eigenvalue weighted by Crippen LogP contribution is 2.08. The minimum atomic E-state index is 0.0571. The Morgan fingerprint density at radius 1 is 1.40 bits per heavy atom. The molecular formula is C15H20N4O. The lowest BCUT2D eigenvalue weighted by molar-refractivity contribution is -0.121. The molecule has 2 aromatic rings. The van der Waals surface area contributed by atoms with Crippen LogP contribution in [-0.4, -0.2) is 22.0 Å². The Morgan fingerprint density at radius 3 is 2.95 bits per heavy atom. The summed E-state index contributed by atoms with van der Waals surface area (Å²) in [5, 5.41) is 2.91. The van der Waals surface area contributed by atoms with Crippen molar-refractivity contribution >= 4 is 11.6 Å². The van der Waals surface area contributed by atoms with Gasteiger partial charge in [0.05, 0.1) is 0 Å². The van der Waals surface area contributed by atoms with Gasteiger partial charge in [0.15, 0.2) is 0 Å². The molecule has 20 heavy (non-hydrogen) atoms. The second-order valence-electron chi connectivity index (χ2n) is 4.80. The average molecular weight is 272 g/mol. The summed E-state index contributed by atoms with van der Waals surface area (Å²) in [5.41, 5.74) is 7.52. The van der Waals surface area contributed by atoms with Crippen LogP contribution in [0.5, 0.6) is 0 Å². The number of nitrogens with two attached hydrogens (primary N) is 1. The summed E-state index contributed by atoms with van der Waals surface area (Å²) in [6, 6.07) is 7.64. The van der Waals surface area contributed by atoms with E-state index in [4.69, 9.17) is 5.73 Å². The van der Waals surface area contributed by atoms with Crippen molar-refractivity contribution in [1.29, 1.82) is 0 Å². The van der Waals surface area contributed by atoms with E-state index in [1.54, 1.807) is 6.20 Å². The van der Waals surface area contributed by atoms with Gasteiger partial charge >= 0.3 is 0 Å². The molecule has 0 fully saturated rings. The molecule has 0 aliphatic carbocycles. The Kier molecular flexibility index (Phi) is 4.76. The molecule has 0 unspecified atom stereocenters. The van der Waals surface area contributed by atoms with Crippen LogP contribution in [0.15, 0.2) is 36.7 Å². The SMILES string of the molecule is Cn1ccnc1CCNC(=O)CCc1cccc(N)c1. The first kappa shape index (κ1) is 14.1. The predicted octanol–water partition coefficient (Wildman–Crippen LogP) is 1.29. The van der Waals surface area contributed by atoms with Crippen LogP contribution < -0.4 is 11.1 Å². The molecule has 5 heteroatoms. The topological polar surface area (TPSA) is 72.9 Å². The van der Waals surface area contributed by atoms with E-state index in [0.29, 0.717) is 19.4 Å². The van der Waals surface area contributed by atoms with Gasteiger partial charge in [-0.05, 0) is 24.1 Å². The number of aromatic nitrogens is 2. The Bertz CT molecular complexity index is 577. The Morgan fingerprint density at radius 2 is 2.25 bits per heavy atom. The zero-order valence-electron chi connectivity index (χ0n) is 11.7. The molecule has 1 aromatic heterocycles. The van der Waals surface area contributed by atoms with Crippen molar-refractivity contribution in [3.63, 3.8) is 0 Å². The molecule has 0 bridgehead atoms. The maximum Gasteiger partial charge on any atom is 0.220 e. The number of nitrogen functional groups attached to an aromatic ring is 1. The van der Waals surface area contributed by atoms with E-state index in [0.717, 1.165) is 23.5 Å². The molecule has 1 heterocycles. The zero-order valence-corrected chi connectivity index (χ0v) is 11.7. The maximum absolute atomic E-state index is 11.7. The maximum atomic E-state index is 11.7. The number of carbonyl (C=O) groups is 1. The summed E-state index contributed by atoms with van der Waals surface area (Å²) in [6.07, 6.45) is 5.59. The standard InChI is InChI=1S/C15H20N4O/c1-19-10-9-17-14(19)7-8-18-15(20)6-5-12-3-2-4-13(16)11-12/h2-4,9-11H,5-8,16H2,1H3,(H,18,20). The molecule has 0 spiro atoms. The molecule has 0 aliphatic heterocycles. The number of hydrogen-bond acceptors (Lipinski definition) is 3. The van der Waals surface area contributed by atoms with E-state index >= 15 is 0 Å². The number of rotatable bonds is 6. The van der Waals surface area contributed by atoms with E-state index < -0.39 is 0 Å². The van der Waals surface area contributed by atoms with E-state index in [9.17, 15) is 4.79 Å².